The average Bonchev–Trinajstić information content (AvgIpc) is 2.67. The summed E-state index contributed by atoms with van der Waals surface area (Å²) in [5.74, 6) is -0.980. The topological polar surface area (TPSA) is 50.2 Å². The van der Waals surface area contributed by atoms with Crippen molar-refractivity contribution in [3.8, 4) is 10.4 Å². The van der Waals surface area contributed by atoms with E-state index in [2.05, 4.69) is 4.37 Å². The van der Waals surface area contributed by atoms with E-state index in [1.807, 2.05) is 31.2 Å². The van der Waals surface area contributed by atoms with Crippen molar-refractivity contribution < 1.29 is 9.90 Å². The second-order valence-corrected chi connectivity index (χ2v) is 4.00. The van der Waals surface area contributed by atoms with Gasteiger partial charge in [-0.1, -0.05) is 24.3 Å². The Bertz CT molecular complexity index is 505. The van der Waals surface area contributed by atoms with Gasteiger partial charge in [-0.3, -0.25) is 0 Å². The molecule has 0 amide bonds. The number of hydrogen-bond acceptors (Lipinski definition) is 3. The maximum atomic E-state index is 10.7. The molecule has 76 valence electrons. The van der Waals surface area contributed by atoms with E-state index < -0.39 is 5.97 Å². The Kier molecular flexibility index (Phi) is 2.51. The summed E-state index contributed by atoms with van der Waals surface area (Å²) in [7, 11) is 0. The van der Waals surface area contributed by atoms with E-state index in [9.17, 15) is 4.79 Å². The minimum atomic E-state index is -0.980. The number of aromatic carboxylic acids is 1. The third-order valence-electron chi connectivity index (χ3n) is 2.14. The first-order valence-corrected chi connectivity index (χ1v) is 5.22. The number of aromatic nitrogens is 1. The Labute approximate surface area is 91.2 Å². The van der Waals surface area contributed by atoms with Gasteiger partial charge in [0, 0.05) is 0 Å². The summed E-state index contributed by atoms with van der Waals surface area (Å²) < 4.78 is 3.88. The molecule has 0 aliphatic heterocycles. The molecule has 0 saturated carbocycles. The fraction of sp³-hybridized carbons (Fsp3) is 0.0909. The predicted molar refractivity (Wildman–Crippen MR) is 59.2 cm³/mol. The molecule has 0 spiro atoms. The lowest BCUT2D eigenvalue weighted by atomic mass is 10.1. The van der Waals surface area contributed by atoms with E-state index in [0.717, 1.165) is 16.0 Å². The Morgan fingerprint density at radius 2 is 2.13 bits per heavy atom. The van der Waals surface area contributed by atoms with Crippen LogP contribution in [-0.4, -0.2) is 15.4 Å². The van der Waals surface area contributed by atoms with Gasteiger partial charge in [-0.25, -0.2) is 4.79 Å². The van der Waals surface area contributed by atoms with Crippen molar-refractivity contribution in [2.45, 2.75) is 6.92 Å². The van der Waals surface area contributed by atoms with Crippen molar-refractivity contribution in [3.63, 3.8) is 0 Å². The van der Waals surface area contributed by atoms with E-state index in [4.69, 9.17) is 5.11 Å². The molecule has 1 heterocycles. The van der Waals surface area contributed by atoms with Gasteiger partial charge in [0.15, 0.2) is 5.69 Å². The largest absolute Gasteiger partial charge is 0.476 e. The van der Waals surface area contributed by atoms with Gasteiger partial charge in [0.1, 0.15) is 0 Å². The third-order valence-corrected chi connectivity index (χ3v) is 2.96. The van der Waals surface area contributed by atoms with Crippen LogP contribution in [0.15, 0.2) is 30.3 Å². The number of benzene rings is 1. The van der Waals surface area contributed by atoms with E-state index >= 15 is 0 Å². The van der Waals surface area contributed by atoms with Gasteiger partial charge in [-0.2, -0.15) is 4.37 Å². The monoisotopic (exact) mass is 219 g/mol. The molecule has 1 aromatic carbocycles. The first-order chi connectivity index (χ1) is 7.18. The number of rotatable bonds is 2. The van der Waals surface area contributed by atoms with Crippen LogP contribution in [0.1, 0.15) is 16.1 Å². The number of nitrogens with zero attached hydrogens (tertiary/aromatic N) is 1. The Balaban J connectivity index is 2.46. The van der Waals surface area contributed by atoms with E-state index in [1.165, 1.54) is 11.5 Å². The highest BCUT2D eigenvalue weighted by Crippen LogP contribution is 2.27. The number of carbonyl (C=O) groups is 1. The molecule has 4 heteroatoms. The minimum Gasteiger partial charge on any atom is -0.476 e. The molecule has 0 radical (unpaired) electrons. The molecule has 2 rings (SSSR count). The maximum absolute atomic E-state index is 10.7. The van der Waals surface area contributed by atoms with E-state index in [0.29, 0.717) is 0 Å². The van der Waals surface area contributed by atoms with Crippen LogP contribution in [0.3, 0.4) is 0 Å². The Hall–Kier alpha value is -1.68. The summed E-state index contributed by atoms with van der Waals surface area (Å²) in [6.07, 6.45) is 0. The lowest BCUT2D eigenvalue weighted by Gasteiger charge is -1.99. The quantitative estimate of drug-likeness (QED) is 0.844. The van der Waals surface area contributed by atoms with Crippen LogP contribution in [0.4, 0.5) is 0 Å². The van der Waals surface area contributed by atoms with E-state index in [1.54, 1.807) is 6.07 Å². The second-order valence-electron chi connectivity index (χ2n) is 3.20. The molecular formula is C11H9NO2S. The molecule has 1 N–H and O–H groups in total. The summed E-state index contributed by atoms with van der Waals surface area (Å²) in [6, 6.07) is 9.46. The van der Waals surface area contributed by atoms with Gasteiger partial charge in [-0.15, -0.1) is 0 Å². The Morgan fingerprint density at radius 1 is 1.40 bits per heavy atom. The van der Waals surface area contributed by atoms with Crippen molar-refractivity contribution in [2.75, 3.05) is 0 Å². The van der Waals surface area contributed by atoms with Crippen LogP contribution in [0.2, 0.25) is 0 Å². The summed E-state index contributed by atoms with van der Waals surface area (Å²) in [5.41, 5.74) is 2.28. The maximum Gasteiger partial charge on any atom is 0.355 e. The zero-order chi connectivity index (χ0) is 10.8. The van der Waals surface area contributed by atoms with Crippen molar-refractivity contribution in [1.82, 2.24) is 4.37 Å². The first-order valence-electron chi connectivity index (χ1n) is 4.44. The Morgan fingerprint density at radius 3 is 2.73 bits per heavy atom. The standard InChI is InChI=1S/C11H9NO2S/c1-7-4-2-3-5-8(7)10-6-9(11(13)14)12-15-10/h2-6H,1H3,(H,13,14). The number of carboxylic acid groups (broad SMARTS) is 1. The molecule has 0 aliphatic rings. The van der Waals surface area contributed by atoms with Gasteiger partial charge in [0.05, 0.1) is 4.88 Å². The zero-order valence-electron chi connectivity index (χ0n) is 8.10. The third kappa shape index (κ3) is 1.89. The average molecular weight is 219 g/mol. The minimum absolute atomic E-state index is 0.109. The highest BCUT2D eigenvalue weighted by atomic mass is 32.1. The molecule has 0 atom stereocenters. The molecule has 0 unspecified atom stereocenters. The zero-order valence-corrected chi connectivity index (χ0v) is 8.91. The molecule has 15 heavy (non-hydrogen) atoms. The van der Waals surface area contributed by atoms with Crippen LogP contribution < -0.4 is 0 Å². The SMILES string of the molecule is Cc1ccccc1-c1cc(C(=O)O)ns1. The molecule has 0 aliphatic carbocycles. The molecule has 2 aromatic rings. The van der Waals surface area contributed by atoms with Gasteiger partial charge in [0.25, 0.3) is 0 Å². The van der Waals surface area contributed by atoms with E-state index in [-0.39, 0.29) is 5.69 Å². The summed E-state index contributed by atoms with van der Waals surface area (Å²) in [4.78, 5) is 11.6. The normalized spacial score (nSPS) is 10.2. The van der Waals surface area contributed by atoms with Crippen LogP contribution in [0, 0.1) is 6.92 Å². The van der Waals surface area contributed by atoms with Crippen LogP contribution in [-0.2, 0) is 0 Å². The van der Waals surface area contributed by atoms with Gasteiger partial charge < -0.3 is 5.11 Å². The van der Waals surface area contributed by atoms with Crippen molar-refractivity contribution >= 4 is 17.5 Å². The highest BCUT2D eigenvalue weighted by Gasteiger charge is 2.10. The fourth-order valence-corrected chi connectivity index (χ4v) is 2.17. The summed E-state index contributed by atoms with van der Waals surface area (Å²) >= 11 is 1.21. The molecule has 0 saturated heterocycles. The second kappa shape index (κ2) is 3.82. The van der Waals surface area contributed by atoms with Crippen LogP contribution in [0.25, 0.3) is 10.4 Å². The molecule has 3 nitrogen and oxygen atoms in total. The van der Waals surface area contributed by atoms with Crippen molar-refractivity contribution in [3.05, 3.63) is 41.6 Å². The van der Waals surface area contributed by atoms with Gasteiger partial charge >= 0.3 is 5.97 Å². The summed E-state index contributed by atoms with van der Waals surface area (Å²) in [5, 5.41) is 8.76. The lowest BCUT2D eigenvalue weighted by molar-refractivity contribution is 0.0692. The molecule has 1 aromatic heterocycles. The lowest BCUT2D eigenvalue weighted by Crippen LogP contribution is -1.94. The summed E-state index contributed by atoms with van der Waals surface area (Å²) in [6.45, 7) is 2.00. The molecular weight excluding hydrogens is 210 g/mol. The molecule has 0 fully saturated rings. The van der Waals surface area contributed by atoms with Crippen molar-refractivity contribution in [1.29, 1.82) is 0 Å². The highest BCUT2D eigenvalue weighted by molar-refractivity contribution is 7.09. The number of carboxylic acids is 1. The number of aryl methyl sites for hydroxylation is 1. The number of hydrogen-bond donors (Lipinski definition) is 1. The first kappa shape index (κ1) is 9.86. The van der Waals surface area contributed by atoms with Gasteiger partial charge in [0.2, 0.25) is 0 Å². The fourth-order valence-electron chi connectivity index (χ4n) is 1.35. The smallest absolute Gasteiger partial charge is 0.355 e. The van der Waals surface area contributed by atoms with Crippen LogP contribution >= 0.6 is 11.5 Å². The van der Waals surface area contributed by atoms with Crippen LogP contribution in [0.5, 0.6) is 0 Å². The van der Waals surface area contributed by atoms with Gasteiger partial charge in [-0.05, 0) is 35.6 Å². The molecule has 0 bridgehead atoms. The predicted octanol–water partition coefficient (Wildman–Crippen LogP) is 2.82. The van der Waals surface area contributed by atoms with Crippen molar-refractivity contribution in [2.24, 2.45) is 0 Å².